The van der Waals surface area contributed by atoms with E-state index in [-0.39, 0.29) is 11.6 Å². The first-order valence-corrected chi connectivity index (χ1v) is 7.53. The predicted octanol–water partition coefficient (Wildman–Crippen LogP) is 3.30. The van der Waals surface area contributed by atoms with Crippen molar-refractivity contribution < 1.29 is 32.6 Å². The molecule has 1 saturated carbocycles. The van der Waals surface area contributed by atoms with Gasteiger partial charge in [0.25, 0.3) is 5.91 Å². The van der Waals surface area contributed by atoms with Crippen LogP contribution >= 0.6 is 0 Å². The van der Waals surface area contributed by atoms with Crippen LogP contribution in [0.2, 0.25) is 0 Å². The fraction of sp³-hybridized carbons (Fsp3) is 0.500. The Morgan fingerprint density at radius 2 is 2.00 bits per heavy atom. The van der Waals surface area contributed by atoms with Gasteiger partial charge in [0, 0.05) is 18.7 Å². The summed E-state index contributed by atoms with van der Waals surface area (Å²) in [5.41, 5.74) is 0.0664. The molecule has 0 aliphatic heterocycles. The van der Waals surface area contributed by atoms with Crippen LogP contribution in [0.1, 0.15) is 36.0 Å². The molecule has 132 valence electrons. The standard InChI is InChI=1S/C16H18F3NO4/c1-20(12-6-2-5-11(8-12)15(22)23)14(21)10-4-3-7-13(9-10)24-16(17,18)19/h3-4,7,9,11-12H,2,5-6,8H2,1H3,(H,22,23)/t11-,12+/m0/s1. The molecule has 0 bridgehead atoms. The Bertz CT molecular complexity index is 618. The summed E-state index contributed by atoms with van der Waals surface area (Å²) >= 11 is 0. The lowest BCUT2D eigenvalue weighted by Gasteiger charge is -2.34. The van der Waals surface area contributed by atoms with Gasteiger partial charge in [0.05, 0.1) is 5.92 Å². The summed E-state index contributed by atoms with van der Waals surface area (Å²) in [6.45, 7) is 0. The number of carboxylic acids is 1. The molecule has 1 N–H and O–H groups in total. The van der Waals surface area contributed by atoms with Crippen LogP contribution in [0.4, 0.5) is 13.2 Å². The van der Waals surface area contributed by atoms with Crippen molar-refractivity contribution in [2.75, 3.05) is 7.05 Å². The number of carbonyl (C=O) groups excluding carboxylic acids is 1. The van der Waals surface area contributed by atoms with E-state index in [9.17, 15) is 22.8 Å². The third kappa shape index (κ3) is 4.62. The van der Waals surface area contributed by atoms with E-state index in [4.69, 9.17) is 5.11 Å². The number of hydrogen-bond acceptors (Lipinski definition) is 3. The molecule has 1 aromatic rings. The van der Waals surface area contributed by atoms with Gasteiger partial charge in [-0.05, 0) is 37.5 Å². The number of ether oxygens (including phenoxy) is 1. The molecule has 2 atom stereocenters. The molecular weight excluding hydrogens is 327 g/mol. The number of carbonyl (C=O) groups is 2. The minimum absolute atomic E-state index is 0.0664. The largest absolute Gasteiger partial charge is 0.573 e. The summed E-state index contributed by atoms with van der Waals surface area (Å²) in [7, 11) is 1.54. The maximum absolute atomic E-state index is 12.5. The fourth-order valence-corrected chi connectivity index (χ4v) is 2.94. The van der Waals surface area contributed by atoms with Crippen molar-refractivity contribution in [3.8, 4) is 5.75 Å². The first-order chi connectivity index (χ1) is 11.2. The molecule has 1 aromatic carbocycles. The van der Waals surface area contributed by atoms with Crippen molar-refractivity contribution >= 4 is 11.9 Å². The molecular formula is C16H18F3NO4. The van der Waals surface area contributed by atoms with Crippen molar-refractivity contribution in [3.63, 3.8) is 0 Å². The van der Waals surface area contributed by atoms with Crippen LogP contribution in [-0.2, 0) is 4.79 Å². The maximum Gasteiger partial charge on any atom is 0.573 e. The second kappa shape index (κ2) is 7.11. The number of amides is 1. The minimum Gasteiger partial charge on any atom is -0.481 e. The molecule has 0 radical (unpaired) electrons. The highest BCUT2D eigenvalue weighted by molar-refractivity contribution is 5.94. The lowest BCUT2D eigenvalue weighted by atomic mass is 9.85. The van der Waals surface area contributed by atoms with Gasteiger partial charge in [-0.2, -0.15) is 0 Å². The molecule has 0 unspecified atom stereocenters. The Kier molecular flexibility index (Phi) is 5.36. The molecule has 0 spiro atoms. The molecule has 1 aliphatic carbocycles. The van der Waals surface area contributed by atoms with E-state index in [2.05, 4.69) is 4.74 Å². The van der Waals surface area contributed by atoms with Crippen molar-refractivity contribution in [1.29, 1.82) is 0 Å². The number of benzene rings is 1. The van der Waals surface area contributed by atoms with E-state index in [1.165, 1.54) is 24.1 Å². The lowest BCUT2D eigenvalue weighted by molar-refractivity contribution is -0.274. The van der Waals surface area contributed by atoms with Crippen LogP contribution in [0.25, 0.3) is 0 Å². The first kappa shape index (κ1) is 18.1. The van der Waals surface area contributed by atoms with E-state index < -0.39 is 29.9 Å². The van der Waals surface area contributed by atoms with Gasteiger partial charge in [-0.15, -0.1) is 13.2 Å². The van der Waals surface area contributed by atoms with Crippen molar-refractivity contribution in [1.82, 2.24) is 4.90 Å². The second-order valence-corrected chi connectivity index (χ2v) is 5.85. The predicted molar refractivity (Wildman–Crippen MR) is 78.6 cm³/mol. The molecule has 0 aromatic heterocycles. The average Bonchev–Trinajstić information content (AvgIpc) is 2.52. The number of alkyl halides is 3. The van der Waals surface area contributed by atoms with Crippen LogP contribution in [0.5, 0.6) is 5.75 Å². The van der Waals surface area contributed by atoms with E-state index in [0.717, 1.165) is 12.1 Å². The normalized spacial score (nSPS) is 21.2. The van der Waals surface area contributed by atoms with Gasteiger partial charge in [0.1, 0.15) is 5.75 Å². The van der Waals surface area contributed by atoms with Gasteiger partial charge in [0.15, 0.2) is 0 Å². The quantitative estimate of drug-likeness (QED) is 0.909. The molecule has 5 nitrogen and oxygen atoms in total. The monoisotopic (exact) mass is 345 g/mol. The fourth-order valence-electron chi connectivity index (χ4n) is 2.94. The van der Waals surface area contributed by atoms with Crippen LogP contribution in [-0.4, -0.2) is 41.3 Å². The molecule has 8 heteroatoms. The number of hydrogen-bond donors (Lipinski definition) is 1. The average molecular weight is 345 g/mol. The molecule has 0 saturated heterocycles. The Labute approximate surface area is 137 Å². The smallest absolute Gasteiger partial charge is 0.481 e. The summed E-state index contributed by atoms with van der Waals surface area (Å²) in [5, 5.41) is 9.11. The molecule has 0 heterocycles. The van der Waals surface area contributed by atoms with E-state index in [1.807, 2.05) is 0 Å². The number of halogens is 3. The zero-order chi connectivity index (χ0) is 17.9. The van der Waals surface area contributed by atoms with Crippen LogP contribution in [0.15, 0.2) is 24.3 Å². The highest BCUT2D eigenvalue weighted by Crippen LogP contribution is 2.29. The minimum atomic E-state index is -4.83. The SMILES string of the molecule is CN(C(=O)c1cccc(OC(F)(F)F)c1)[C@@H]1CCC[C@H](C(=O)O)C1. The Morgan fingerprint density at radius 3 is 2.62 bits per heavy atom. The first-order valence-electron chi connectivity index (χ1n) is 7.53. The molecule has 1 amide bonds. The van der Waals surface area contributed by atoms with Gasteiger partial charge in [-0.1, -0.05) is 12.5 Å². The number of rotatable bonds is 4. The number of carboxylic acid groups (broad SMARTS) is 1. The maximum atomic E-state index is 12.5. The Balaban J connectivity index is 2.10. The Hall–Kier alpha value is -2.25. The highest BCUT2D eigenvalue weighted by Gasteiger charge is 2.33. The van der Waals surface area contributed by atoms with E-state index in [0.29, 0.717) is 25.7 Å². The van der Waals surface area contributed by atoms with E-state index in [1.54, 1.807) is 0 Å². The third-order valence-electron chi connectivity index (χ3n) is 4.18. The molecule has 1 aliphatic rings. The summed E-state index contributed by atoms with van der Waals surface area (Å²) in [6.07, 6.45) is -2.55. The molecule has 2 rings (SSSR count). The lowest BCUT2D eigenvalue weighted by Crippen LogP contribution is -2.41. The third-order valence-corrected chi connectivity index (χ3v) is 4.18. The topological polar surface area (TPSA) is 66.8 Å². The van der Waals surface area contributed by atoms with Gasteiger partial charge in [0.2, 0.25) is 0 Å². The summed E-state index contributed by atoms with van der Waals surface area (Å²) < 4.78 is 40.6. The van der Waals surface area contributed by atoms with Crippen LogP contribution in [0, 0.1) is 5.92 Å². The van der Waals surface area contributed by atoms with E-state index >= 15 is 0 Å². The summed E-state index contributed by atoms with van der Waals surface area (Å²) in [6, 6.07) is 4.61. The zero-order valence-electron chi connectivity index (χ0n) is 13.0. The van der Waals surface area contributed by atoms with Crippen molar-refractivity contribution in [2.45, 2.75) is 38.1 Å². The summed E-state index contributed by atoms with van der Waals surface area (Å²) in [5.74, 6) is -2.31. The Morgan fingerprint density at radius 1 is 1.29 bits per heavy atom. The zero-order valence-corrected chi connectivity index (χ0v) is 13.0. The second-order valence-electron chi connectivity index (χ2n) is 5.85. The van der Waals surface area contributed by atoms with Gasteiger partial charge in [-0.3, -0.25) is 9.59 Å². The molecule has 1 fully saturated rings. The number of nitrogens with zero attached hydrogens (tertiary/aromatic N) is 1. The van der Waals surface area contributed by atoms with Gasteiger partial charge in [-0.25, -0.2) is 0 Å². The van der Waals surface area contributed by atoms with Crippen molar-refractivity contribution in [3.05, 3.63) is 29.8 Å². The molecule has 24 heavy (non-hydrogen) atoms. The van der Waals surface area contributed by atoms with Crippen LogP contribution in [0.3, 0.4) is 0 Å². The summed E-state index contributed by atoms with van der Waals surface area (Å²) in [4.78, 5) is 25.0. The number of aliphatic carboxylic acids is 1. The van der Waals surface area contributed by atoms with Gasteiger partial charge >= 0.3 is 12.3 Å². The van der Waals surface area contributed by atoms with Crippen LogP contribution < -0.4 is 4.74 Å². The van der Waals surface area contributed by atoms with Crippen molar-refractivity contribution in [2.24, 2.45) is 5.92 Å². The highest BCUT2D eigenvalue weighted by atomic mass is 19.4. The van der Waals surface area contributed by atoms with Gasteiger partial charge < -0.3 is 14.7 Å².